The third kappa shape index (κ3) is 3.51. The predicted octanol–water partition coefficient (Wildman–Crippen LogP) is 2.55. The van der Waals surface area contributed by atoms with E-state index in [0.29, 0.717) is 30.1 Å². The highest BCUT2D eigenvalue weighted by molar-refractivity contribution is 5.94. The zero-order valence-corrected chi connectivity index (χ0v) is 12.3. The van der Waals surface area contributed by atoms with Crippen molar-refractivity contribution in [2.45, 2.75) is 45.1 Å². The Labute approximate surface area is 124 Å². The summed E-state index contributed by atoms with van der Waals surface area (Å²) in [6.07, 6.45) is 4.17. The molecule has 2 amide bonds. The molecule has 0 radical (unpaired) electrons. The van der Waals surface area contributed by atoms with Crippen LogP contribution in [0.25, 0.3) is 0 Å². The first kappa shape index (κ1) is 15.3. The summed E-state index contributed by atoms with van der Waals surface area (Å²) < 4.78 is 0. The molecular formula is C15H21N3O3. The molecule has 2 rings (SSSR count). The van der Waals surface area contributed by atoms with Gasteiger partial charge in [0.2, 0.25) is 0 Å². The van der Waals surface area contributed by atoms with Gasteiger partial charge in [-0.15, -0.1) is 0 Å². The number of aliphatic carboxylic acids is 1. The summed E-state index contributed by atoms with van der Waals surface area (Å²) in [6, 6.07) is 2.96. The van der Waals surface area contributed by atoms with Gasteiger partial charge in [0.25, 0.3) is 0 Å². The van der Waals surface area contributed by atoms with Crippen LogP contribution in [0.1, 0.15) is 38.3 Å². The number of hydrogen-bond acceptors (Lipinski definition) is 3. The molecular weight excluding hydrogens is 270 g/mol. The molecule has 1 aromatic rings. The van der Waals surface area contributed by atoms with Gasteiger partial charge < -0.3 is 15.7 Å². The van der Waals surface area contributed by atoms with E-state index in [0.717, 1.165) is 12.8 Å². The Bertz CT molecular complexity index is 537. The predicted molar refractivity (Wildman–Crippen MR) is 79.1 cm³/mol. The molecule has 1 aliphatic rings. The van der Waals surface area contributed by atoms with Crippen molar-refractivity contribution in [3.8, 4) is 0 Å². The molecule has 1 aromatic heterocycles. The largest absolute Gasteiger partial charge is 0.480 e. The van der Waals surface area contributed by atoms with Gasteiger partial charge in [-0.25, -0.2) is 9.59 Å². The maximum Gasteiger partial charge on any atom is 0.329 e. The highest BCUT2D eigenvalue weighted by atomic mass is 16.4. The molecule has 1 heterocycles. The Hall–Kier alpha value is -2.11. The number of aromatic nitrogens is 1. The molecule has 1 saturated carbocycles. The van der Waals surface area contributed by atoms with Gasteiger partial charge in [0, 0.05) is 6.20 Å². The third-order valence-corrected chi connectivity index (χ3v) is 4.15. The first-order chi connectivity index (χ1) is 9.93. The maximum atomic E-state index is 12.1. The molecule has 114 valence electrons. The molecule has 0 aliphatic heterocycles. The van der Waals surface area contributed by atoms with Gasteiger partial charge in [0.15, 0.2) is 0 Å². The molecule has 1 fully saturated rings. The smallest absolute Gasteiger partial charge is 0.329 e. The number of nitrogens with one attached hydrogen (secondary N) is 2. The molecule has 6 nitrogen and oxygen atoms in total. The lowest BCUT2D eigenvalue weighted by Gasteiger charge is -2.36. The van der Waals surface area contributed by atoms with Gasteiger partial charge in [-0.1, -0.05) is 6.92 Å². The van der Waals surface area contributed by atoms with Gasteiger partial charge >= 0.3 is 12.0 Å². The van der Waals surface area contributed by atoms with E-state index < -0.39 is 17.5 Å². The van der Waals surface area contributed by atoms with Crippen molar-refractivity contribution >= 4 is 17.7 Å². The number of carboxylic acid groups (broad SMARTS) is 1. The number of urea groups is 1. The van der Waals surface area contributed by atoms with Gasteiger partial charge in [-0.3, -0.25) is 4.98 Å². The van der Waals surface area contributed by atoms with E-state index in [-0.39, 0.29) is 0 Å². The normalized spacial score (nSPS) is 25.1. The number of carbonyl (C=O) groups excluding carboxylic acids is 1. The van der Waals surface area contributed by atoms with E-state index in [1.807, 2.05) is 0 Å². The number of anilines is 1. The molecule has 0 saturated heterocycles. The molecule has 0 spiro atoms. The average molecular weight is 291 g/mol. The minimum Gasteiger partial charge on any atom is -0.480 e. The molecule has 0 unspecified atom stereocenters. The molecule has 0 atom stereocenters. The second kappa shape index (κ2) is 6.11. The standard InChI is InChI=1S/C15H21N3O3/c1-10-5-7-15(8-6-10,13(19)20)18-14(21)17-12-4-3-9-16-11(12)2/h3-4,9-10H,5-8H2,1-2H3,(H,19,20)(H2,17,18,21). The minimum atomic E-state index is -1.16. The van der Waals surface area contributed by atoms with Crippen LogP contribution in [-0.2, 0) is 4.79 Å². The Morgan fingerprint density at radius 3 is 2.62 bits per heavy atom. The summed E-state index contributed by atoms with van der Waals surface area (Å²) in [4.78, 5) is 27.8. The second-order valence-electron chi connectivity index (χ2n) is 5.79. The number of carbonyl (C=O) groups is 2. The van der Waals surface area contributed by atoms with Crippen LogP contribution in [0.5, 0.6) is 0 Å². The monoisotopic (exact) mass is 291 g/mol. The van der Waals surface area contributed by atoms with Crippen LogP contribution >= 0.6 is 0 Å². The molecule has 0 bridgehead atoms. The van der Waals surface area contributed by atoms with Gasteiger partial charge in [-0.05, 0) is 50.7 Å². The first-order valence-corrected chi connectivity index (χ1v) is 7.17. The first-order valence-electron chi connectivity index (χ1n) is 7.17. The SMILES string of the molecule is Cc1ncccc1NC(=O)NC1(C(=O)O)CCC(C)CC1. The summed E-state index contributed by atoms with van der Waals surface area (Å²) in [6.45, 7) is 3.88. The van der Waals surface area contributed by atoms with Gasteiger partial charge in [0.05, 0.1) is 11.4 Å². The summed E-state index contributed by atoms with van der Waals surface area (Å²) in [5.74, 6) is -0.463. The quantitative estimate of drug-likeness (QED) is 0.798. The zero-order chi connectivity index (χ0) is 15.5. The number of rotatable bonds is 3. The Balaban J connectivity index is 2.06. The highest BCUT2D eigenvalue weighted by Gasteiger charge is 2.42. The van der Waals surface area contributed by atoms with Crippen LogP contribution in [-0.4, -0.2) is 27.6 Å². The number of aryl methyl sites for hydroxylation is 1. The summed E-state index contributed by atoms with van der Waals surface area (Å²) in [5, 5.41) is 14.8. The van der Waals surface area contributed by atoms with Crippen molar-refractivity contribution in [2.24, 2.45) is 5.92 Å². The molecule has 1 aliphatic carbocycles. The van der Waals surface area contributed by atoms with Crippen LogP contribution in [0.15, 0.2) is 18.3 Å². The highest BCUT2D eigenvalue weighted by Crippen LogP contribution is 2.32. The van der Waals surface area contributed by atoms with Crippen LogP contribution in [0.3, 0.4) is 0 Å². The zero-order valence-electron chi connectivity index (χ0n) is 12.3. The molecule has 21 heavy (non-hydrogen) atoms. The summed E-state index contributed by atoms with van der Waals surface area (Å²) in [5.41, 5.74) is 0.112. The van der Waals surface area contributed by atoms with E-state index in [9.17, 15) is 14.7 Å². The number of carboxylic acids is 1. The van der Waals surface area contributed by atoms with Gasteiger partial charge in [0.1, 0.15) is 5.54 Å². The number of hydrogen-bond donors (Lipinski definition) is 3. The van der Waals surface area contributed by atoms with Crippen molar-refractivity contribution in [1.29, 1.82) is 0 Å². The van der Waals surface area contributed by atoms with E-state index >= 15 is 0 Å². The Kier molecular flexibility index (Phi) is 4.45. The van der Waals surface area contributed by atoms with Crippen LogP contribution in [0.2, 0.25) is 0 Å². The fraction of sp³-hybridized carbons (Fsp3) is 0.533. The minimum absolute atomic E-state index is 0.461. The van der Waals surface area contributed by atoms with Crippen LogP contribution in [0.4, 0.5) is 10.5 Å². The summed E-state index contributed by atoms with van der Waals surface area (Å²) in [7, 11) is 0. The fourth-order valence-corrected chi connectivity index (χ4v) is 2.63. The lowest BCUT2D eigenvalue weighted by molar-refractivity contribution is -0.146. The van der Waals surface area contributed by atoms with Gasteiger partial charge in [-0.2, -0.15) is 0 Å². The molecule has 6 heteroatoms. The maximum absolute atomic E-state index is 12.1. The lowest BCUT2D eigenvalue weighted by Crippen LogP contribution is -2.57. The van der Waals surface area contributed by atoms with E-state index in [1.54, 1.807) is 25.3 Å². The number of pyridine rings is 1. The van der Waals surface area contributed by atoms with Crippen molar-refractivity contribution in [3.63, 3.8) is 0 Å². The second-order valence-corrected chi connectivity index (χ2v) is 5.79. The molecule has 3 N–H and O–H groups in total. The van der Waals surface area contributed by atoms with E-state index in [1.165, 1.54) is 0 Å². The Morgan fingerprint density at radius 1 is 1.38 bits per heavy atom. The summed E-state index contributed by atoms with van der Waals surface area (Å²) >= 11 is 0. The van der Waals surface area contributed by atoms with Crippen molar-refractivity contribution < 1.29 is 14.7 Å². The van der Waals surface area contributed by atoms with Crippen LogP contribution in [0, 0.1) is 12.8 Å². The Morgan fingerprint density at radius 2 is 2.05 bits per heavy atom. The van der Waals surface area contributed by atoms with Crippen molar-refractivity contribution in [1.82, 2.24) is 10.3 Å². The third-order valence-electron chi connectivity index (χ3n) is 4.15. The number of nitrogens with zero attached hydrogens (tertiary/aromatic N) is 1. The van der Waals surface area contributed by atoms with E-state index in [2.05, 4.69) is 22.5 Å². The number of amides is 2. The van der Waals surface area contributed by atoms with Crippen LogP contribution < -0.4 is 10.6 Å². The average Bonchev–Trinajstić information content (AvgIpc) is 2.44. The van der Waals surface area contributed by atoms with E-state index in [4.69, 9.17) is 0 Å². The van der Waals surface area contributed by atoms with Crippen molar-refractivity contribution in [2.75, 3.05) is 5.32 Å². The fourth-order valence-electron chi connectivity index (χ4n) is 2.63. The van der Waals surface area contributed by atoms with Crippen molar-refractivity contribution in [3.05, 3.63) is 24.0 Å². The molecule has 0 aromatic carbocycles. The lowest BCUT2D eigenvalue weighted by atomic mass is 9.77. The topological polar surface area (TPSA) is 91.3 Å².